The van der Waals surface area contributed by atoms with Gasteiger partial charge in [-0.3, -0.25) is 14.5 Å². The standard InChI is InChI=1S/C14H18FN3O3/c15-11-4-1-3-10(13(11)16)14(21)18-6-2-5-17(7-8-18)9-12(19)20/h1,3-4H,2,5-9,16H2,(H,19,20). The molecule has 1 aliphatic rings. The summed E-state index contributed by atoms with van der Waals surface area (Å²) in [5, 5.41) is 8.80. The molecule has 0 bridgehead atoms. The SMILES string of the molecule is Nc1c(F)cccc1C(=O)N1CCCN(CC(=O)O)CC1. The number of hydrogen-bond acceptors (Lipinski definition) is 4. The average Bonchev–Trinajstić information content (AvgIpc) is 2.66. The van der Waals surface area contributed by atoms with Crippen molar-refractivity contribution in [2.75, 3.05) is 38.5 Å². The van der Waals surface area contributed by atoms with Crippen molar-refractivity contribution in [3.8, 4) is 0 Å². The van der Waals surface area contributed by atoms with E-state index in [4.69, 9.17) is 10.8 Å². The van der Waals surface area contributed by atoms with Gasteiger partial charge in [-0.25, -0.2) is 4.39 Å². The van der Waals surface area contributed by atoms with Crippen molar-refractivity contribution in [1.29, 1.82) is 0 Å². The Bertz CT molecular complexity index is 550. The second-order valence-electron chi connectivity index (χ2n) is 5.02. The Morgan fingerprint density at radius 1 is 1.24 bits per heavy atom. The number of carboxylic acids is 1. The van der Waals surface area contributed by atoms with Crippen LogP contribution in [0.3, 0.4) is 0 Å². The zero-order chi connectivity index (χ0) is 15.4. The predicted molar refractivity (Wildman–Crippen MR) is 75.4 cm³/mol. The summed E-state index contributed by atoms with van der Waals surface area (Å²) in [5.41, 5.74) is 5.62. The Balaban J connectivity index is 2.06. The van der Waals surface area contributed by atoms with Crippen LogP contribution in [0.5, 0.6) is 0 Å². The topological polar surface area (TPSA) is 86.9 Å². The van der Waals surface area contributed by atoms with Gasteiger partial charge in [0.1, 0.15) is 5.82 Å². The second-order valence-corrected chi connectivity index (χ2v) is 5.02. The molecule has 0 aromatic heterocycles. The molecule has 0 unspecified atom stereocenters. The van der Waals surface area contributed by atoms with E-state index in [0.29, 0.717) is 32.6 Å². The lowest BCUT2D eigenvalue weighted by Gasteiger charge is -2.22. The van der Waals surface area contributed by atoms with Crippen LogP contribution in [0, 0.1) is 5.82 Å². The number of carbonyl (C=O) groups excluding carboxylic acids is 1. The summed E-state index contributed by atoms with van der Waals surface area (Å²) in [7, 11) is 0. The minimum Gasteiger partial charge on any atom is -0.480 e. The molecule has 1 fully saturated rings. The Morgan fingerprint density at radius 2 is 2.00 bits per heavy atom. The van der Waals surface area contributed by atoms with Gasteiger partial charge in [0.2, 0.25) is 0 Å². The maximum absolute atomic E-state index is 13.4. The number of anilines is 1. The first-order valence-corrected chi connectivity index (χ1v) is 6.76. The lowest BCUT2D eigenvalue weighted by molar-refractivity contribution is -0.138. The fourth-order valence-corrected chi connectivity index (χ4v) is 2.42. The summed E-state index contributed by atoms with van der Waals surface area (Å²) in [6, 6.07) is 4.16. The van der Waals surface area contributed by atoms with E-state index in [1.807, 2.05) is 0 Å². The first kappa shape index (κ1) is 15.2. The minimum atomic E-state index is -0.885. The monoisotopic (exact) mass is 295 g/mol. The molecule has 0 atom stereocenters. The third-order valence-electron chi connectivity index (χ3n) is 3.52. The zero-order valence-corrected chi connectivity index (χ0v) is 11.6. The Kier molecular flexibility index (Phi) is 4.74. The Morgan fingerprint density at radius 3 is 2.71 bits per heavy atom. The minimum absolute atomic E-state index is 0.0376. The van der Waals surface area contributed by atoms with Crippen LogP contribution < -0.4 is 5.73 Å². The molecule has 0 spiro atoms. The molecular formula is C14H18FN3O3. The number of halogens is 1. The number of nitrogens with zero attached hydrogens (tertiary/aromatic N) is 2. The molecule has 7 heteroatoms. The van der Waals surface area contributed by atoms with Crippen LogP contribution in [0.2, 0.25) is 0 Å². The largest absolute Gasteiger partial charge is 0.480 e. The van der Waals surface area contributed by atoms with E-state index in [0.717, 1.165) is 0 Å². The molecule has 6 nitrogen and oxygen atoms in total. The Hall–Kier alpha value is -2.15. The zero-order valence-electron chi connectivity index (χ0n) is 11.6. The van der Waals surface area contributed by atoms with Crippen molar-refractivity contribution in [2.45, 2.75) is 6.42 Å². The third-order valence-corrected chi connectivity index (χ3v) is 3.52. The molecule has 1 amide bonds. The van der Waals surface area contributed by atoms with Crippen LogP contribution in [0.1, 0.15) is 16.8 Å². The summed E-state index contributed by atoms with van der Waals surface area (Å²) in [6.07, 6.45) is 0.675. The van der Waals surface area contributed by atoms with Gasteiger partial charge in [-0.2, -0.15) is 0 Å². The molecule has 0 radical (unpaired) electrons. The summed E-state index contributed by atoms with van der Waals surface area (Å²) < 4.78 is 13.4. The molecule has 1 heterocycles. The third kappa shape index (κ3) is 3.69. The Labute approximate surface area is 121 Å². The van der Waals surface area contributed by atoms with Gasteiger partial charge in [0.25, 0.3) is 5.91 Å². The van der Waals surface area contributed by atoms with Gasteiger partial charge in [-0.05, 0) is 18.6 Å². The summed E-state index contributed by atoms with van der Waals surface area (Å²) in [5.74, 6) is -1.81. The van der Waals surface area contributed by atoms with E-state index in [1.165, 1.54) is 18.2 Å². The van der Waals surface area contributed by atoms with Crippen molar-refractivity contribution in [3.05, 3.63) is 29.6 Å². The molecule has 1 aromatic carbocycles. The van der Waals surface area contributed by atoms with Gasteiger partial charge in [-0.1, -0.05) is 6.07 Å². The highest BCUT2D eigenvalue weighted by molar-refractivity contribution is 5.99. The summed E-state index contributed by atoms with van der Waals surface area (Å²) in [4.78, 5) is 26.5. The van der Waals surface area contributed by atoms with E-state index in [9.17, 15) is 14.0 Å². The van der Waals surface area contributed by atoms with Gasteiger partial charge >= 0.3 is 5.97 Å². The molecule has 2 rings (SSSR count). The van der Waals surface area contributed by atoms with E-state index in [1.54, 1.807) is 9.80 Å². The molecule has 1 aromatic rings. The van der Waals surface area contributed by atoms with Crippen molar-refractivity contribution in [2.24, 2.45) is 0 Å². The highest BCUT2D eigenvalue weighted by atomic mass is 19.1. The van der Waals surface area contributed by atoms with Crippen molar-refractivity contribution in [1.82, 2.24) is 9.80 Å². The van der Waals surface area contributed by atoms with Gasteiger partial charge in [-0.15, -0.1) is 0 Å². The molecule has 1 saturated heterocycles. The van der Waals surface area contributed by atoms with Crippen LogP contribution in [-0.4, -0.2) is 59.5 Å². The van der Waals surface area contributed by atoms with Gasteiger partial charge in [0.15, 0.2) is 0 Å². The van der Waals surface area contributed by atoms with Crippen molar-refractivity contribution in [3.63, 3.8) is 0 Å². The molecule has 114 valence electrons. The fraction of sp³-hybridized carbons (Fsp3) is 0.429. The number of aliphatic carboxylic acids is 1. The number of hydrogen-bond donors (Lipinski definition) is 2. The number of para-hydroxylation sites is 1. The highest BCUT2D eigenvalue weighted by Gasteiger charge is 2.23. The van der Waals surface area contributed by atoms with Gasteiger partial charge < -0.3 is 15.7 Å². The number of nitrogen functional groups attached to an aromatic ring is 1. The lowest BCUT2D eigenvalue weighted by atomic mass is 10.1. The van der Waals surface area contributed by atoms with E-state index in [-0.39, 0.29) is 23.7 Å². The van der Waals surface area contributed by atoms with Crippen LogP contribution in [0.25, 0.3) is 0 Å². The summed E-state index contributed by atoms with van der Waals surface area (Å²) in [6.45, 7) is 1.97. The van der Waals surface area contributed by atoms with Gasteiger partial charge in [0.05, 0.1) is 17.8 Å². The first-order chi connectivity index (χ1) is 9.99. The van der Waals surface area contributed by atoms with E-state index >= 15 is 0 Å². The number of carbonyl (C=O) groups is 2. The molecule has 0 saturated carbocycles. The molecule has 0 aliphatic carbocycles. The molecule has 21 heavy (non-hydrogen) atoms. The number of rotatable bonds is 3. The average molecular weight is 295 g/mol. The number of amides is 1. The van der Waals surface area contributed by atoms with Crippen LogP contribution in [-0.2, 0) is 4.79 Å². The van der Waals surface area contributed by atoms with E-state index < -0.39 is 11.8 Å². The predicted octanol–water partition coefficient (Wildman–Crippen LogP) is 0.640. The van der Waals surface area contributed by atoms with Crippen LogP contribution in [0.4, 0.5) is 10.1 Å². The van der Waals surface area contributed by atoms with Crippen molar-refractivity contribution >= 4 is 17.6 Å². The normalized spacial score (nSPS) is 16.5. The van der Waals surface area contributed by atoms with E-state index in [2.05, 4.69) is 0 Å². The number of carboxylic acid groups (broad SMARTS) is 1. The van der Waals surface area contributed by atoms with Crippen LogP contribution >= 0.6 is 0 Å². The number of benzene rings is 1. The second kappa shape index (κ2) is 6.53. The first-order valence-electron chi connectivity index (χ1n) is 6.76. The molecule has 1 aliphatic heterocycles. The summed E-state index contributed by atoms with van der Waals surface area (Å²) >= 11 is 0. The maximum atomic E-state index is 13.4. The quantitative estimate of drug-likeness (QED) is 0.799. The fourth-order valence-electron chi connectivity index (χ4n) is 2.42. The molecule has 3 N–H and O–H groups in total. The maximum Gasteiger partial charge on any atom is 0.317 e. The van der Waals surface area contributed by atoms with Crippen LogP contribution in [0.15, 0.2) is 18.2 Å². The number of nitrogens with two attached hydrogens (primary N) is 1. The highest BCUT2D eigenvalue weighted by Crippen LogP contribution is 2.18. The van der Waals surface area contributed by atoms with Crippen molar-refractivity contribution < 1.29 is 19.1 Å². The smallest absolute Gasteiger partial charge is 0.317 e. The van der Waals surface area contributed by atoms with Gasteiger partial charge in [0, 0.05) is 26.2 Å². The molecular weight excluding hydrogens is 277 g/mol. The lowest BCUT2D eigenvalue weighted by Crippen LogP contribution is -2.37.